The predicted molar refractivity (Wildman–Crippen MR) is 74.3 cm³/mol. The lowest BCUT2D eigenvalue weighted by Gasteiger charge is -2.15. The summed E-state index contributed by atoms with van der Waals surface area (Å²) in [4.78, 5) is 4.24. The zero-order chi connectivity index (χ0) is 15.3. The van der Waals surface area contributed by atoms with Crippen LogP contribution in [0.15, 0.2) is 48.7 Å². The topological polar surface area (TPSA) is 34.1 Å². The van der Waals surface area contributed by atoms with Gasteiger partial charge in [0, 0.05) is 11.9 Å². The summed E-state index contributed by atoms with van der Waals surface area (Å²) in [5, 5.41) is 3.22. The second kappa shape index (κ2) is 6.47. The number of nitrogens with zero attached hydrogens (tertiary/aromatic N) is 1. The zero-order valence-electron chi connectivity index (χ0n) is 11.4. The van der Waals surface area contributed by atoms with Gasteiger partial charge in [-0.15, -0.1) is 0 Å². The standard InChI is InChI=1S/C15H15F3N2O/c1-11(14-4-2-3-9-19-14)20-12-5-7-13(8-6-12)21-10-15(16,17)18/h2-9,11,20H,10H2,1H3. The molecular formula is C15H15F3N2O. The molecule has 21 heavy (non-hydrogen) atoms. The number of halogens is 3. The molecule has 0 amide bonds. The van der Waals surface area contributed by atoms with Gasteiger partial charge in [0.2, 0.25) is 0 Å². The Labute approximate surface area is 120 Å². The lowest BCUT2D eigenvalue weighted by molar-refractivity contribution is -0.153. The lowest BCUT2D eigenvalue weighted by Crippen LogP contribution is -2.19. The van der Waals surface area contributed by atoms with E-state index in [0.717, 1.165) is 11.4 Å². The Kier molecular flexibility index (Phi) is 4.67. The van der Waals surface area contributed by atoms with Crippen LogP contribution >= 0.6 is 0 Å². The molecule has 1 unspecified atom stereocenters. The molecule has 2 rings (SSSR count). The van der Waals surface area contributed by atoms with E-state index in [-0.39, 0.29) is 11.8 Å². The van der Waals surface area contributed by atoms with Crippen molar-refractivity contribution in [2.24, 2.45) is 0 Å². The van der Waals surface area contributed by atoms with Crippen LogP contribution in [0.3, 0.4) is 0 Å². The first-order valence-corrected chi connectivity index (χ1v) is 6.41. The molecule has 0 radical (unpaired) electrons. The van der Waals surface area contributed by atoms with Gasteiger partial charge in [0.05, 0.1) is 11.7 Å². The molecule has 112 valence electrons. The van der Waals surface area contributed by atoms with Gasteiger partial charge in [-0.25, -0.2) is 0 Å². The highest BCUT2D eigenvalue weighted by molar-refractivity contribution is 5.47. The monoisotopic (exact) mass is 296 g/mol. The number of aromatic nitrogens is 1. The maximum Gasteiger partial charge on any atom is 0.422 e. The minimum absolute atomic E-state index is 0.00635. The fourth-order valence-corrected chi connectivity index (χ4v) is 1.77. The van der Waals surface area contributed by atoms with Crippen molar-refractivity contribution >= 4 is 5.69 Å². The predicted octanol–water partition coefficient (Wildman–Crippen LogP) is 4.20. The Morgan fingerprint density at radius 3 is 2.43 bits per heavy atom. The maximum atomic E-state index is 12.0. The average Bonchev–Trinajstić information content (AvgIpc) is 2.46. The highest BCUT2D eigenvalue weighted by atomic mass is 19.4. The van der Waals surface area contributed by atoms with Gasteiger partial charge in [0.25, 0.3) is 0 Å². The molecule has 0 aliphatic carbocycles. The lowest BCUT2D eigenvalue weighted by atomic mass is 10.2. The molecule has 0 saturated carbocycles. The number of ether oxygens (including phenoxy) is 1. The van der Waals surface area contributed by atoms with Gasteiger partial charge in [0.15, 0.2) is 6.61 Å². The molecule has 1 N–H and O–H groups in total. The second-order valence-electron chi connectivity index (χ2n) is 4.55. The quantitative estimate of drug-likeness (QED) is 0.898. The third-order valence-electron chi connectivity index (χ3n) is 2.77. The smallest absolute Gasteiger partial charge is 0.422 e. The van der Waals surface area contributed by atoms with E-state index < -0.39 is 12.8 Å². The molecule has 3 nitrogen and oxygen atoms in total. The average molecular weight is 296 g/mol. The summed E-state index contributed by atoms with van der Waals surface area (Å²) in [6, 6.07) is 12.0. The van der Waals surface area contributed by atoms with E-state index in [0.29, 0.717) is 0 Å². The highest BCUT2D eigenvalue weighted by Gasteiger charge is 2.28. The van der Waals surface area contributed by atoms with Crippen molar-refractivity contribution in [3.05, 3.63) is 54.4 Å². The van der Waals surface area contributed by atoms with Crippen LogP contribution in [0.2, 0.25) is 0 Å². The molecule has 6 heteroatoms. The minimum Gasteiger partial charge on any atom is -0.484 e. The van der Waals surface area contributed by atoms with Crippen molar-refractivity contribution in [1.29, 1.82) is 0 Å². The SMILES string of the molecule is CC(Nc1ccc(OCC(F)(F)F)cc1)c1ccccn1. The zero-order valence-corrected chi connectivity index (χ0v) is 11.4. The van der Waals surface area contributed by atoms with E-state index in [1.807, 2.05) is 25.1 Å². The van der Waals surface area contributed by atoms with E-state index in [1.165, 1.54) is 12.1 Å². The number of pyridine rings is 1. The van der Waals surface area contributed by atoms with Crippen molar-refractivity contribution in [2.45, 2.75) is 19.1 Å². The molecule has 1 heterocycles. The van der Waals surface area contributed by atoms with Gasteiger partial charge in [-0.05, 0) is 43.3 Å². The summed E-state index contributed by atoms with van der Waals surface area (Å²) in [5.74, 6) is 0.184. The first-order chi connectivity index (χ1) is 9.94. The number of alkyl halides is 3. The van der Waals surface area contributed by atoms with E-state index in [1.54, 1.807) is 18.3 Å². The summed E-state index contributed by atoms with van der Waals surface area (Å²) in [7, 11) is 0. The van der Waals surface area contributed by atoms with Gasteiger partial charge < -0.3 is 10.1 Å². The Morgan fingerprint density at radius 2 is 1.86 bits per heavy atom. The molecule has 1 aromatic carbocycles. The molecule has 0 saturated heterocycles. The minimum atomic E-state index is -4.33. The van der Waals surface area contributed by atoms with Crippen LogP contribution in [0.4, 0.5) is 18.9 Å². The fourth-order valence-electron chi connectivity index (χ4n) is 1.77. The number of hydrogen-bond acceptors (Lipinski definition) is 3. The number of anilines is 1. The van der Waals surface area contributed by atoms with Crippen molar-refractivity contribution in [2.75, 3.05) is 11.9 Å². The van der Waals surface area contributed by atoms with Crippen molar-refractivity contribution in [3.63, 3.8) is 0 Å². The molecule has 1 aromatic heterocycles. The van der Waals surface area contributed by atoms with E-state index in [2.05, 4.69) is 15.0 Å². The second-order valence-corrected chi connectivity index (χ2v) is 4.55. The van der Waals surface area contributed by atoms with Crippen LogP contribution in [-0.2, 0) is 0 Å². The van der Waals surface area contributed by atoms with Gasteiger partial charge in [-0.3, -0.25) is 4.98 Å². The Morgan fingerprint density at radius 1 is 1.14 bits per heavy atom. The first kappa shape index (κ1) is 15.2. The van der Waals surface area contributed by atoms with Crippen LogP contribution < -0.4 is 10.1 Å². The largest absolute Gasteiger partial charge is 0.484 e. The summed E-state index contributed by atoms with van der Waals surface area (Å²) < 4.78 is 40.8. The van der Waals surface area contributed by atoms with Crippen molar-refractivity contribution in [3.8, 4) is 5.75 Å². The van der Waals surface area contributed by atoms with E-state index in [9.17, 15) is 13.2 Å². The molecule has 0 aliphatic heterocycles. The summed E-state index contributed by atoms with van der Waals surface area (Å²) in [6.07, 6.45) is -2.62. The van der Waals surface area contributed by atoms with Crippen LogP contribution in [0.1, 0.15) is 18.7 Å². The normalized spacial score (nSPS) is 12.8. The van der Waals surface area contributed by atoms with Gasteiger partial charge in [-0.2, -0.15) is 13.2 Å². The molecule has 0 bridgehead atoms. The first-order valence-electron chi connectivity index (χ1n) is 6.41. The molecule has 0 fully saturated rings. The van der Waals surface area contributed by atoms with E-state index in [4.69, 9.17) is 0 Å². The van der Waals surface area contributed by atoms with Crippen molar-refractivity contribution < 1.29 is 17.9 Å². The van der Waals surface area contributed by atoms with Gasteiger partial charge in [-0.1, -0.05) is 6.07 Å². The van der Waals surface area contributed by atoms with Crippen LogP contribution in [0, 0.1) is 0 Å². The molecule has 2 aromatic rings. The summed E-state index contributed by atoms with van der Waals surface area (Å²) >= 11 is 0. The molecule has 0 spiro atoms. The number of rotatable bonds is 5. The third-order valence-corrected chi connectivity index (χ3v) is 2.77. The molecule has 0 aliphatic rings. The number of nitrogens with one attached hydrogen (secondary N) is 1. The third kappa shape index (κ3) is 4.98. The fraction of sp³-hybridized carbons (Fsp3) is 0.267. The van der Waals surface area contributed by atoms with Crippen LogP contribution in [0.5, 0.6) is 5.75 Å². The summed E-state index contributed by atoms with van der Waals surface area (Å²) in [5.41, 5.74) is 1.67. The Hall–Kier alpha value is -2.24. The Bertz CT molecular complexity index is 555. The molecule has 1 atom stereocenters. The van der Waals surface area contributed by atoms with Crippen LogP contribution in [-0.4, -0.2) is 17.8 Å². The van der Waals surface area contributed by atoms with Crippen molar-refractivity contribution in [1.82, 2.24) is 4.98 Å². The Balaban J connectivity index is 1.93. The van der Waals surface area contributed by atoms with Gasteiger partial charge in [0.1, 0.15) is 5.75 Å². The van der Waals surface area contributed by atoms with E-state index >= 15 is 0 Å². The molecular weight excluding hydrogens is 281 g/mol. The van der Waals surface area contributed by atoms with Crippen LogP contribution in [0.25, 0.3) is 0 Å². The number of benzene rings is 1. The number of hydrogen-bond donors (Lipinski definition) is 1. The highest BCUT2D eigenvalue weighted by Crippen LogP contribution is 2.22. The van der Waals surface area contributed by atoms with Gasteiger partial charge >= 0.3 is 6.18 Å². The maximum absolute atomic E-state index is 12.0. The summed E-state index contributed by atoms with van der Waals surface area (Å²) in [6.45, 7) is 0.667.